The smallest absolute Gasteiger partial charge is 0.258 e. The Hall–Kier alpha value is -0.780. The van der Waals surface area contributed by atoms with Crippen molar-refractivity contribution >= 4 is 33.7 Å². The van der Waals surface area contributed by atoms with Crippen molar-refractivity contribution in [1.82, 2.24) is 4.98 Å². The molecule has 1 aromatic carbocycles. The van der Waals surface area contributed by atoms with Crippen LogP contribution in [0.1, 0.15) is 0 Å². The second kappa shape index (κ2) is 2.37. The molecule has 0 atom stereocenters. The first-order chi connectivity index (χ1) is 5.25. The quantitative estimate of drug-likeness (QED) is 0.739. The van der Waals surface area contributed by atoms with Crippen LogP contribution in [0, 0.1) is 3.90 Å². The number of nitrogens with zero attached hydrogens (tertiary/aromatic N) is 1. The summed E-state index contributed by atoms with van der Waals surface area (Å²) >= 11 is 1.99. The van der Waals surface area contributed by atoms with Crippen LogP contribution in [0.2, 0.25) is 0 Å². The van der Waals surface area contributed by atoms with Crippen molar-refractivity contribution in [3.05, 3.63) is 22.1 Å². The molecule has 0 bridgehead atoms. The Morgan fingerprint density at radius 3 is 3.09 bits per heavy atom. The zero-order valence-corrected chi connectivity index (χ0v) is 7.57. The highest BCUT2D eigenvalue weighted by molar-refractivity contribution is 14.1. The van der Waals surface area contributed by atoms with E-state index in [1.54, 1.807) is 18.2 Å². The zero-order valence-electron chi connectivity index (χ0n) is 5.41. The van der Waals surface area contributed by atoms with E-state index < -0.39 is 0 Å². The molecule has 1 aromatic heterocycles. The minimum Gasteiger partial charge on any atom is -0.508 e. The van der Waals surface area contributed by atoms with Crippen molar-refractivity contribution in [3.8, 4) is 5.75 Å². The third kappa shape index (κ3) is 1.18. The molecule has 0 amide bonds. The minimum atomic E-state index is 0.210. The maximum Gasteiger partial charge on any atom is 0.258 e. The van der Waals surface area contributed by atoms with E-state index in [4.69, 9.17) is 9.52 Å². The summed E-state index contributed by atoms with van der Waals surface area (Å²) in [5.41, 5.74) is 1.39. The van der Waals surface area contributed by atoms with Crippen molar-refractivity contribution in [2.75, 3.05) is 0 Å². The number of benzene rings is 1. The lowest BCUT2D eigenvalue weighted by Gasteiger charge is -1.86. The molecule has 0 aliphatic rings. The van der Waals surface area contributed by atoms with Crippen molar-refractivity contribution in [1.29, 1.82) is 0 Å². The number of hydrogen-bond acceptors (Lipinski definition) is 3. The lowest BCUT2D eigenvalue weighted by molar-refractivity contribution is 0.475. The lowest BCUT2D eigenvalue weighted by atomic mass is 10.3. The SMILES string of the molecule is Oc1ccc2oc(I)nc2c1. The molecule has 0 aliphatic carbocycles. The number of halogens is 1. The number of aromatic hydroxyl groups is 1. The fourth-order valence-corrected chi connectivity index (χ4v) is 1.38. The van der Waals surface area contributed by atoms with Crippen LogP contribution in [0.15, 0.2) is 22.6 Å². The van der Waals surface area contributed by atoms with Crippen LogP contribution in [0.25, 0.3) is 11.1 Å². The van der Waals surface area contributed by atoms with Crippen molar-refractivity contribution in [2.24, 2.45) is 0 Å². The van der Waals surface area contributed by atoms with E-state index in [-0.39, 0.29) is 5.75 Å². The second-order valence-corrected chi connectivity index (χ2v) is 3.04. The van der Waals surface area contributed by atoms with Gasteiger partial charge in [-0.3, -0.25) is 0 Å². The van der Waals surface area contributed by atoms with Gasteiger partial charge in [0.25, 0.3) is 3.90 Å². The summed E-state index contributed by atoms with van der Waals surface area (Å²) < 4.78 is 5.77. The van der Waals surface area contributed by atoms with E-state index in [1.165, 1.54) is 0 Å². The molecular formula is C7H4INO2. The number of hydrogen-bond donors (Lipinski definition) is 1. The van der Waals surface area contributed by atoms with E-state index in [0.29, 0.717) is 15.0 Å². The maximum atomic E-state index is 9.06. The van der Waals surface area contributed by atoms with Gasteiger partial charge in [0.1, 0.15) is 11.3 Å². The molecule has 0 fully saturated rings. The Morgan fingerprint density at radius 1 is 1.45 bits per heavy atom. The van der Waals surface area contributed by atoms with E-state index >= 15 is 0 Å². The van der Waals surface area contributed by atoms with Crippen molar-refractivity contribution in [3.63, 3.8) is 0 Å². The Morgan fingerprint density at radius 2 is 2.27 bits per heavy atom. The van der Waals surface area contributed by atoms with E-state index in [0.717, 1.165) is 0 Å². The minimum absolute atomic E-state index is 0.210. The summed E-state index contributed by atoms with van der Waals surface area (Å²) in [6.45, 7) is 0. The van der Waals surface area contributed by atoms with Crippen LogP contribution in [0.4, 0.5) is 0 Å². The van der Waals surface area contributed by atoms with Gasteiger partial charge >= 0.3 is 0 Å². The van der Waals surface area contributed by atoms with Crippen molar-refractivity contribution < 1.29 is 9.52 Å². The molecule has 0 aliphatic heterocycles. The highest BCUT2D eigenvalue weighted by atomic mass is 127. The second-order valence-electron chi connectivity index (χ2n) is 2.12. The molecule has 0 saturated heterocycles. The summed E-state index contributed by atoms with van der Waals surface area (Å²) in [6.07, 6.45) is 0. The highest BCUT2D eigenvalue weighted by Gasteiger charge is 2.01. The number of phenolic OH excluding ortho intramolecular Hbond substituents is 1. The van der Waals surface area contributed by atoms with Gasteiger partial charge in [0.2, 0.25) is 0 Å². The van der Waals surface area contributed by atoms with Gasteiger partial charge < -0.3 is 9.52 Å². The average Bonchev–Trinajstić information content (AvgIpc) is 2.27. The number of oxazole rings is 1. The molecule has 1 heterocycles. The van der Waals surface area contributed by atoms with Gasteiger partial charge in [-0.05, 0) is 12.1 Å². The average molecular weight is 261 g/mol. The third-order valence-electron chi connectivity index (χ3n) is 1.35. The van der Waals surface area contributed by atoms with Gasteiger partial charge in [-0.15, -0.1) is 0 Å². The lowest BCUT2D eigenvalue weighted by Crippen LogP contribution is -1.67. The predicted octanol–water partition coefficient (Wildman–Crippen LogP) is 2.14. The van der Waals surface area contributed by atoms with E-state index in [9.17, 15) is 0 Å². The molecule has 0 saturated carbocycles. The molecule has 56 valence electrons. The Balaban J connectivity index is 2.82. The van der Waals surface area contributed by atoms with Crippen LogP contribution < -0.4 is 0 Å². The Kier molecular flexibility index (Phi) is 1.49. The van der Waals surface area contributed by atoms with Crippen LogP contribution in [0.5, 0.6) is 5.75 Å². The molecule has 11 heavy (non-hydrogen) atoms. The molecule has 0 radical (unpaired) electrons. The first kappa shape index (κ1) is 6.90. The Bertz CT molecular complexity index is 396. The Labute approximate surface area is 76.2 Å². The van der Waals surface area contributed by atoms with Crippen LogP contribution in [0.3, 0.4) is 0 Å². The summed E-state index contributed by atoms with van der Waals surface area (Å²) in [5.74, 6) is 0.210. The summed E-state index contributed by atoms with van der Waals surface area (Å²) in [7, 11) is 0. The number of fused-ring (bicyclic) bond motifs is 1. The van der Waals surface area contributed by atoms with Crippen molar-refractivity contribution in [2.45, 2.75) is 0 Å². The highest BCUT2D eigenvalue weighted by Crippen LogP contribution is 2.20. The number of phenols is 1. The van der Waals surface area contributed by atoms with Crippen LogP contribution in [-0.4, -0.2) is 10.1 Å². The standard InChI is InChI=1S/C7H4INO2/c8-7-9-5-3-4(10)1-2-6(5)11-7/h1-3,10H. The topological polar surface area (TPSA) is 46.3 Å². The van der Waals surface area contributed by atoms with Gasteiger partial charge in [0, 0.05) is 28.7 Å². The predicted molar refractivity (Wildman–Crippen MR) is 48.4 cm³/mol. The van der Waals surface area contributed by atoms with Gasteiger partial charge in [0.15, 0.2) is 5.58 Å². The molecule has 3 nitrogen and oxygen atoms in total. The first-order valence-corrected chi connectivity index (χ1v) is 4.08. The third-order valence-corrected chi connectivity index (χ3v) is 1.81. The molecule has 2 rings (SSSR count). The van der Waals surface area contributed by atoms with Gasteiger partial charge in [-0.1, -0.05) is 0 Å². The normalized spacial score (nSPS) is 10.6. The van der Waals surface area contributed by atoms with Gasteiger partial charge in [-0.2, -0.15) is 0 Å². The van der Waals surface area contributed by atoms with Gasteiger partial charge in [-0.25, -0.2) is 4.98 Å². The molecule has 2 aromatic rings. The summed E-state index contributed by atoms with van der Waals surface area (Å²) in [4.78, 5) is 4.03. The van der Waals surface area contributed by atoms with E-state index in [1.807, 2.05) is 22.6 Å². The van der Waals surface area contributed by atoms with Gasteiger partial charge in [0.05, 0.1) is 0 Å². The fourth-order valence-electron chi connectivity index (χ4n) is 0.888. The molecular weight excluding hydrogens is 257 g/mol. The monoisotopic (exact) mass is 261 g/mol. The zero-order chi connectivity index (χ0) is 7.84. The van der Waals surface area contributed by atoms with Crippen LogP contribution in [-0.2, 0) is 0 Å². The van der Waals surface area contributed by atoms with Crippen LogP contribution >= 0.6 is 22.6 Å². The summed E-state index contributed by atoms with van der Waals surface area (Å²) in [5, 5.41) is 9.06. The fraction of sp³-hybridized carbons (Fsp3) is 0. The molecule has 0 unspecified atom stereocenters. The number of aromatic nitrogens is 1. The molecule has 0 spiro atoms. The molecule has 4 heteroatoms. The number of rotatable bonds is 0. The van der Waals surface area contributed by atoms with E-state index in [2.05, 4.69) is 4.98 Å². The largest absolute Gasteiger partial charge is 0.508 e. The maximum absolute atomic E-state index is 9.06. The first-order valence-electron chi connectivity index (χ1n) is 3.01. The molecule has 1 N–H and O–H groups in total. The summed E-state index contributed by atoms with van der Waals surface area (Å²) in [6, 6.07) is 4.84.